The fourth-order valence-corrected chi connectivity index (χ4v) is 6.55. The molecule has 1 amide bonds. The van der Waals surface area contributed by atoms with E-state index < -0.39 is 52.1 Å². The number of rotatable bonds is 10. The second kappa shape index (κ2) is 13.9. The lowest BCUT2D eigenvalue weighted by Crippen LogP contribution is -2.43. The molecule has 1 aromatic heterocycles. The number of amides is 1. The summed E-state index contributed by atoms with van der Waals surface area (Å²) in [5.74, 6) is -3.96. The normalized spacial score (nSPS) is 18.5. The quantitative estimate of drug-likeness (QED) is 0.159. The van der Waals surface area contributed by atoms with Gasteiger partial charge in [-0.2, -0.15) is 4.39 Å². The lowest BCUT2D eigenvalue weighted by Gasteiger charge is -2.34. The van der Waals surface area contributed by atoms with Gasteiger partial charge in [-0.1, -0.05) is 51.1 Å². The number of carbonyl (C=O) groups excluding carboxylic acids is 2. The van der Waals surface area contributed by atoms with E-state index in [9.17, 15) is 14.4 Å². The molecule has 49 heavy (non-hydrogen) atoms. The highest BCUT2D eigenvalue weighted by molar-refractivity contribution is 6.31. The standard InChI is InChI=1S/C37H46F2N2O7Si/c1-35(2,3)47-34(44)41-18-23(37(7,8)48-49-36(4,5)6)16-25(41)21-45-32-29(39)28(38)17-26-30(32)40(24-14-15-24)19-27(31(26)42)33(43)46-20-22-12-10-9-11-13-22/h9-13,17,19,23-25H,14-16,18,20-21H2,1-8H3/t23-,25+/m1/s1. The summed E-state index contributed by atoms with van der Waals surface area (Å²) >= 11 is 0. The van der Waals surface area contributed by atoms with Crippen LogP contribution in [0, 0.1) is 17.6 Å². The van der Waals surface area contributed by atoms with E-state index in [0.717, 1.165) is 24.5 Å². The van der Waals surface area contributed by atoms with Gasteiger partial charge >= 0.3 is 12.1 Å². The molecule has 1 aliphatic carbocycles. The van der Waals surface area contributed by atoms with E-state index in [1.54, 1.807) is 54.5 Å². The fourth-order valence-electron chi connectivity index (χ4n) is 5.82. The highest BCUT2D eigenvalue weighted by atomic mass is 28.2. The second-order valence-corrected chi connectivity index (χ2v) is 17.5. The Balaban J connectivity index is 1.47. The minimum Gasteiger partial charge on any atom is -0.486 e. The Morgan fingerprint density at radius 3 is 2.29 bits per heavy atom. The summed E-state index contributed by atoms with van der Waals surface area (Å²) in [7, 11) is 0.221. The van der Waals surface area contributed by atoms with Crippen LogP contribution in [0.25, 0.3) is 10.9 Å². The SMILES string of the molecule is CC(C)(C)OC(=O)N1C[C@H](C(C)(C)O[Si]C(C)(C)C)C[C@H]1COc1c(F)c(F)cc2c(=O)c(C(=O)OCc3ccccc3)cn(C3CC3)c12. The predicted octanol–water partition coefficient (Wildman–Crippen LogP) is 7.61. The van der Waals surface area contributed by atoms with E-state index in [-0.39, 0.29) is 56.4 Å². The van der Waals surface area contributed by atoms with Crippen LogP contribution < -0.4 is 10.2 Å². The number of likely N-dealkylation sites (tertiary alicyclic amines) is 1. The third-order valence-electron chi connectivity index (χ3n) is 8.60. The number of fused-ring (bicyclic) bond motifs is 1. The third kappa shape index (κ3) is 8.70. The minimum atomic E-state index is -1.29. The van der Waals surface area contributed by atoms with Crippen LogP contribution in [0.3, 0.4) is 0 Å². The predicted molar refractivity (Wildman–Crippen MR) is 183 cm³/mol. The van der Waals surface area contributed by atoms with Gasteiger partial charge in [-0.05, 0) is 70.5 Å². The van der Waals surface area contributed by atoms with Gasteiger partial charge in [0.2, 0.25) is 21.0 Å². The summed E-state index contributed by atoms with van der Waals surface area (Å²) in [6, 6.07) is 9.11. The Labute approximate surface area is 288 Å². The first-order chi connectivity index (χ1) is 22.8. The smallest absolute Gasteiger partial charge is 0.410 e. The molecule has 2 heterocycles. The van der Waals surface area contributed by atoms with Gasteiger partial charge in [0.1, 0.15) is 24.4 Å². The molecule has 0 N–H and O–H groups in total. The van der Waals surface area contributed by atoms with Crippen molar-refractivity contribution >= 4 is 32.7 Å². The molecule has 0 unspecified atom stereocenters. The topological polar surface area (TPSA) is 96.3 Å². The number of aromatic nitrogens is 1. The highest BCUT2D eigenvalue weighted by Gasteiger charge is 2.45. The molecule has 1 saturated carbocycles. The number of pyridine rings is 1. The molecule has 2 aromatic carbocycles. The molecule has 1 aliphatic heterocycles. The zero-order chi connectivity index (χ0) is 35.9. The first-order valence-electron chi connectivity index (χ1n) is 16.7. The van der Waals surface area contributed by atoms with Crippen LogP contribution in [0.5, 0.6) is 5.75 Å². The van der Waals surface area contributed by atoms with E-state index in [4.69, 9.17) is 18.6 Å². The summed E-state index contributed by atoms with van der Waals surface area (Å²) in [6.07, 6.45) is 2.71. The molecule has 0 spiro atoms. The molecule has 3 aromatic rings. The third-order valence-corrected chi connectivity index (χ3v) is 9.85. The lowest BCUT2D eigenvalue weighted by molar-refractivity contribution is 0.0145. The number of hydrogen-bond acceptors (Lipinski definition) is 7. The maximum atomic E-state index is 15.7. The number of nitrogens with zero attached hydrogens (tertiary/aromatic N) is 2. The first kappa shape index (κ1) is 36.5. The number of benzene rings is 2. The van der Waals surface area contributed by atoms with Crippen molar-refractivity contribution in [2.75, 3.05) is 13.2 Å². The van der Waals surface area contributed by atoms with E-state index >= 15 is 8.78 Å². The molecule has 9 nitrogen and oxygen atoms in total. The monoisotopic (exact) mass is 696 g/mol. The van der Waals surface area contributed by atoms with Crippen LogP contribution in [0.4, 0.5) is 13.6 Å². The van der Waals surface area contributed by atoms with Crippen molar-refractivity contribution in [2.45, 2.75) is 110 Å². The van der Waals surface area contributed by atoms with Crippen molar-refractivity contribution in [3.8, 4) is 5.75 Å². The van der Waals surface area contributed by atoms with Gasteiger partial charge in [-0.25, -0.2) is 14.0 Å². The van der Waals surface area contributed by atoms with Crippen LogP contribution in [0.15, 0.2) is 47.4 Å². The molecule has 0 bridgehead atoms. The van der Waals surface area contributed by atoms with E-state index in [2.05, 4.69) is 20.8 Å². The van der Waals surface area contributed by atoms with Gasteiger partial charge < -0.3 is 28.1 Å². The Bertz CT molecular complexity index is 1760. The van der Waals surface area contributed by atoms with Crippen molar-refractivity contribution in [3.05, 3.63) is 75.6 Å². The van der Waals surface area contributed by atoms with Crippen LogP contribution >= 0.6 is 0 Å². The average molecular weight is 697 g/mol. The number of halogens is 2. The molecular formula is C37H46F2N2O7Si. The number of ether oxygens (including phenoxy) is 3. The molecule has 2 aliphatic rings. The molecule has 2 radical (unpaired) electrons. The van der Waals surface area contributed by atoms with Gasteiger partial charge in [0.15, 0.2) is 11.6 Å². The average Bonchev–Trinajstić information content (AvgIpc) is 3.76. The summed E-state index contributed by atoms with van der Waals surface area (Å²) < 4.78 is 56.1. The van der Waals surface area contributed by atoms with Gasteiger partial charge in [-0.15, -0.1) is 0 Å². The van der Waals surface area contributed by atoms with Gasteiger partial charge in [-0.3, -0.25) is 4.79 Å². The second-order valence-electron chi connectivity index (χ2n) is 15.6. The van der Waals surface area contributed by atoms with E-state index in [1.807, 2.05) is 19.9 Å². The van der Waals surface area contributed by atoms with Crippen molar-refractivity contribution < 1.29 is 37.0 Å². The Morgan fingerprint density at radius 1 is 1.00 bits per heavy atom. The van der Waals surface area contributed by atoms with E-state index in [0.29, 0.717) is 13.0 Å². The molecule has 2 atom stereocenters. The van der Waals surface area contributed by atoms with E-state index in [1.165, 1.54) is 6.20 Å². The molecule has 12 heteroatoms. The van der Waals surface area contributed by atoms with Gasteiger partial charge in [0.25, 0.3) is 0 Å². The zero-order valence-electron chi connectivity index (χ0n) is 29.5. The number of carbonyl (C=O) groups is 2. The number of esters is 1. The van der Waals surface area contributed by atoms with Crippen molar-refractivity contribution in [3.63, 3.8) is 0 Å². The first-order valence-corrected chi connectivity index (χ1v) is 17.6. The van der Waals surface area contributed by atoms with Crippen molar-refractivity contribution in [1.29, 1.82) is 0 Å². The fraction of sp³-hybridized carbons (Fsp3) is 0.541. The minimum absolute atomic E-state index is 0.0466. The largest absolute Gasteiger partial charge is 0.486 e. The zero-order valence-corrected chi connectivity index (χ0v) is 30.5. The maximum absolute atomic E-state index is 15.7. The van der Waals surface area contributed by atoms with Crippen molar-refractivity contribution in [2.24, 2.45) is 5.92 Å². The Kier molecular flexibility index (Phi) is 10.3. The number of hydrogen-bond donors (Lipinski definition) is 0. The van der Waals surface area contributed by atoms with Crippen LogP contribution in [0.1, 0.15) is 96.6 Å². The maximum Gasteiger partial charge on any atom is 0.410 e. The molecule has 2 fully saturated rings. The Hall–Kier alpha value is -3.77. The molecule has 1 saturated heterocycles. The van der Waals surface area contributed by atoms with Crippen molar-refractivity contribution in [1.82, 2.24) is 9.47 Å². The summed E-state index contributed by atoms with van der Waals surface area (Å²) in [5.41, 5.74) is -1.63. The van der Waals surface area contributed by atoms with Gasteiger partial charge in [0, 0.05) is 24.7 Å². The molecule has 5 rings (SSSR count). The summed E-state index contributed by atoms with van der Waals surface area (Å²) in [6.45, 7) is 15.7. The van der Waals surface area contributed by atoms with Crippen LogP contribution in [-0.2, 0) is 20.5 Å². The van der Waals surface area contributed by atoms with Crippen LogP contribution in [-0.4, -0.2) is 61.7 Å². The highest BCUT2D eigenvalue weighted by Crippen LogP contribution is 2.42. The van der Waals surface area contributed by atoms with Crippen LogP contribution in [0.2, 0.25) is 5.04 Å². The summed E-state index contributed by atoms with van der Waals surface area (Å²) in [4.78, 5) is 41.8. The summed E-state index contributed by atoms with van der Waals surface area (Å²) in [5, 5.41) is -0.240. The van der Waals surface area contributed by atoms with Gasteiger partial charge in [0.05, 0.1) is 22.5 Å². The lowest BCUT2D eigenvalue weighted by atomic mass is 9.89. The molecule has 264 valence electrons. The molecular weight excluding hydrogens is 650 g/mol. The Morgan fingerprint density at radius 2 is 1.67 bits per heavy atom.